The summed E-state index contributed by atoms with van der Waals surface area (Å²) in [6.07, 6.45) is 0. The number of hydrogen-bond acceptors (Lipinski definition) is 2. The molecule has 2 heteroatoms. The second-order valence-electron chi connectivity index (χ2n) is 2.14. The lowest BCUT2D eigenvalue weighted by atomic mass is 10.2. The first-order valence-electron chi connectivity index (χ1n) is 2.83. The number of rotatable bonds is 0. The molecule has 1 radical (unpaired) electrons. The standard InChI is InChI=1S/C7H9NO/c1-5-3-6(2)8-7(9)4-5/h3-4,9H,1-2H3/q+1. The van der Waals surface area contributed by atoms with Crippen LogP contribution in [0.1, 0.15) is 11.3 Å². The van der Waals surface area contributed by atoms with Gasteiger partial charge in [-0.1, -0.05) is 0 Å². The van der Waals surface area contributed by atoms with Gasteiger partial charge in [-0.05, 0) is 25.5 Å². The zero-order chi connectivity index (χ0) is 6.85. The Labute approximate surface area is 54.2 Å². The van der Waals surface area contributed by atoms with E-state index in [1.807, 2.05) is 19.9 Å². The van der Waals surface area contributed by atoms with E-state index in [9.17, 15) is 0 Å². The molecule has 1 heterocycles. The predicted octanol–water partition coefficient (Wildman–Crippen LogP) is 1.40. The highest BCUT2D eigenvalue weighted by molar-refractivity contribution is 5.21. The van der Waals surface area contributed by atoms with Crippen LogP contribution in [0.4, 0.5) is 0 Å². The maximum Gasteiger partial charge on any atom is 0.440 e. The van der Waals surface area contributed by atoms with Crippen molar-refractivity contribution in [2.24, 2.45) is 0 Å². The van der Waals surface area contributed by atoms with Crippen molar-refractivity contribution in [2.45, 2.75) is 13.8 Å². The third-order valence-electron chi connectivity index (χ3n) is 1.08. The normalized spacial score (nSPS) is 9.56. The van der Waals surface area contributed by atoms with Gasteiger partial charge < -0.3 is 0 Å². The van der Waals surface area contributed by atoms with Gasteiger partial charge in [0.1, 0.15) is 0 Å². The Morgan fingerprint density at radius 2 is 2.00 bits per heavy atom. The molecular formula is C7H9NO+. The molecule has 1 aromatic heterocycles. The van der Waals surface area contributed by atoms with Crippen molar-refractivity contribution < 1.29 is 5.11 Å². The minimum atomic E-state index is 0.104. The minimum absolute atomic E-state index is 0.104. The number of aromatic nitrogens is 1. The molecule has 0 bridgehead atoms. The summed E-state index contributed by atoms with van der Waals surface area (Å²) in [6, 6.07) is 3.55. The molecule has 0 saturated carbocycles. The van der Waals surface area contributed by atoms with Gasteiger partial charge in [0.25, 0.3) is 0 Å². The van der Waals surface area contributed by atoms with Crippen LogP contribution >= 0.6 is 0 Å². The highest BCUT2D eigenvalue weighted by Gasteiger charge is 1.99. The molecule has 0 fully saturated rings. The van der Waals surface area contributed by atoms with Gasteiger partial charge in [0, 0.05) is 5.69 Å². The zero-order valence-corrected chi connectivity index (χ0v) is 5.55. The SMILES string of the molecule is Cc1cc(C)nc([OH+])c1. The number of aryl methyl sites for hydroxylation is 2. The summed E-state index contributed by atoms with van der Waals surface area (Å²) in [7, 11) is 0. The highest BCUT2D eigenvalue weighted by Crippen LogP contribution is 2.08. The van der Waals surface area contributed by atoms with Crippen molar-refractivity contribution in [3.8, 4) is 5.88 Å². The van der Waals surface area contributed by atoms with Gasteiger partial charge in [0.2, 0.25) is 0 Å². The first-order valence-corrected chi connectivity index (χ1v) is 2.83. The molecule has 47 valence electrons. The summed E-state index contributed by atoms with van der Waals surface area (Å²) in [4.78, 5) is 3.79. The van der Waals surface area contributed by atoms with E-state index >= 15 is 0 Å². The van der Waals surface area contributed by atoms with Crippen LogP contribution in [-0.4, -0.2) is 10.1 Å². The Balaban J connectivity index is 3.17. The third-order valence-corrected chi connectivity index (χ3v) is 1.08. The molecule has 0 unspecified atom stereocenters. The van der Waals surface area contributed by atoms with E-state index in [0.29, 0.717) is 0 Å². The minimum Gasteiger partial charge on any atom is -0.255 e. The van der Waals surface area contributed by atoms with Crippen LogP contribution in [0.3, 0.4) is 0 Å². The predicted molar refractivity (Wildman–Crippen MR) is 35.4 cm³/mol. The molecule has 1 aromatic rings. The van der Waals surface area contributed by atoms with Crippen molar-refractivity contribution in [2.75, 3.05) is 0 Å². The average Bonchev–Trinajstić information content (AvgIpc) is 1.59. The lowest BCUT2D eigenvalue weighted by molar-refractivity contribution is 0.451. The largest absolute Gasteiger partial charge is 0.440 e. The summed E-state index contributed by atoms with van der Waals surface area (Å²) in [5.41, 5.74) is 1.90. The molecular weight excluding hydrogens is 114 g/mol. The molecule has 0 aliphatic heterocycles. The Kier molecular flexibility index (Phi) is 1.39. The Morgan fingerprint density at radius 3 is 2.44 bits per heavy atom. The maximum atomic E-state index is 8.88. The van der Waals surface area contributed by atoms with Crippen LogP contribution in [0.2, 0.25) is 0 Å². The van der Waals surface area contributed by atoms with Crippen molar-refractivity contribution in [3.63, 3.8) is 0 Å². The van der Waals surface area contributed by atoms with Crippen LogP contribution in [0.15, 0.2) is 12.1 Å². The summed E-state index contributed by atoms with van der Waals surface area (Å²) in [6.45, 7) is 3.78. The van der Waals surface area contributed by atoms with Crippen molar-refractivity contribution in [3.05, 3.63) is 23.4 Å². The molecule has 0 aliphatic rings. The number of nitrogens with zero attached hydrogens (tertiary/aromatic N) is 1. The lowest BCUT2D eigenvalue weighted by Gasteiger charge is -1.89. The van der Waals surface area contributed by atoms with Crippen molar-refractivity contribution in [1.29, 1.82) is 0 Å². The Bertz CT molecular complexity index is 170. The van der Waals surface area contributed by atoms with Crippen LogP contribution in [0.25, 0.3) is 0 Å². The zero-order valence-electron chi connectivity index (χ0n) is 5.55. The van der Waals surface area contributed by atoms with Gasteiger partial charge in [-0.25, -0.2) is 0 Å². The quantitative estimate of drug-likeness (QED) is 0.489. The van der Waals surface area contributed by atoms with Crippen molar-refractivity contribution in [1.82, 2.24) is 4.98 Å². The summed E-state index contributed by atoms with van der Waals surface area (Å²) < 4.78 is 0. The summed E-state index contributed by atoms with van der Waals surface area (Å²) >= 11 is 0. The number of hydrogen-bond donors (Lipinski definition) is 0. The van der Waals surface area contributed by atoms with E-state index in [1.54, 1.807) is 6.07 Å². The van der Waals surface area contributed by atoms with E-state index in [1.165, 1.54) is 0 Å². The fraction of sp³-hybridized carbons (Fsp3) is 0.286. The van der Waals surface area contributed by atoms with Gasteiger partial charge >= 0.3 is 5.88 Å². The molecule has 0 saturated heterocycles. The fourth-order valence-corrected chi connectivity index (χ4v) is 0.820. The van der Waals surface area contributed by atoms with Gasteiger partial charge in [-0.2, -0.15) is 4.98 Å². The smallest absolute Gasteiger partial charge is 0.255 e. The van der Waals surface area contributed by atoms with E-state index < -0.39 is 0 Å². The van der Waals surface area contributed by atoms with Gasteiger partial charge in [0.15, 0.2) is 0 Å². The molecule has 9 heavy (non-hydrogen) atoms. The van der Waals surface area contributed by atoms with Crippen LogP contribution in [0, 0.1) is 13.8 Å². The van der Waals surface area contributed by atoms with E-state index in [2.05, 4.69) is 4.98 Å². The average molecular weight is 123 g/mol. The van der Waals surface area contributed by atoms with Crippen LogP contribution in [0.5, 0.6) is 5.88 Å². The third kappa shape index (κ3) is 1.42. The fourth-order valence-electron chi connectivity index (χ4n) is 0.820. The second kappa shape index (κ2) is 2.05. The maximum absolute atomic E-state index is 8.88. The second-order valence-corrected chi connectivity index (χ2v) is 2.14. The molecule has 1 N–H and O–H groups in total. The first-order chi connectivity index (χ1) is 4.18. The monoisotopic (exact) mass is 123 g/mol. The Morgan fingerprint density at radius 1 is 1.33 bits per heavy atom. The van der Waals surface area contributed by atoms with Gasteiger partial charge in [-0.3, -0.25) is 5.11 Å². The summed E-state index contributed by atoms with van der Waals surface area (Å²) in [5, 5.41) is 8.88. The van der Waals surface area contributed by atoms with Gasteiger partial charge in [-0.15, -0.1) is 0 Å². The molecule has 0 aromatic carbocycles. The number of pyridine rings is 1. The molecule has 0 spiro atoms. The molecule has 0 amide bonds. The molecule has 0 atom stereocenters. The Hall–Kier alpha value is -1.05. The van der Waals surface area contributed by atoms with Crippen molar-refractivity contribution >= 4 is 0 Å². The van der Waals surface area contributed by atoms with E-state index in [0.717, 1.165) is 11.3 Å². The lowest BCUT2D eigenvalue weighted by Crippen LogP contribution is -1.81. The molecule has 2 nitrogen and oxygen atoms in total. The molecule has 0 aliphatic carbocycles. The summed E-state index contributed by atoms with van der Waals surface area (Å²) in [5.74, 6) is 0.104. The van der Waals surface area contributed by atoms with E-state index in [4.69, 9.17) is 5.11 Å². The number of aromatic hydroxyl groups is 1. The van der Waals surface area contributed by atoms with Gasteiger partial charge in [0.05, 0.1) is 6.07 Å². The van der Waals surface area contributed by atoms with Crippen LogP contribution in [-0.2, 0) is 0 Å². The van der Waals surface area contributed by atoms with Crippen LogP contribution < -0.4 is 0 Å². The van der Waals surface area contributed by atoms with E-state index in [-0.39, 0.29) is 5.88 Å². The topological polar surface area (TPSA) is 34.3 Å². The highest BCUT2D eigenvalue weighted by atomic mass is 16.3. The molecule has 1 rings (SSSR count). The first kappa shape index (κ1) is 6.08.